The summed E-state index contributed by atoms with van der Waals surface area (Å²) in [6.07, 6.45) is 9.06. The molecule has 164 valence electrons. The first-order valence-corrected chi connectivity index (χ1v) is 11.2. The first kappa shape index (κ1) is 28.8. The maximum atomic E-state index is 9.01. The molecule has 0 bridgehead atoms. The van der Waals surface area contributed by atoms with Gasteiger partial charge in [-0.05, 0) is 38.7 Å². The molecule has 4 aromatic rings. The van der Waals surface area contributed by atoms with Gasteiger partial charge in [-0.25, -0.2) is 0 Å². The van der Waals surface area contributed by atoms with E-state index in [4.69, 9.17) is 10.0 Å². The smallest absolute Gasteiger partial charge is 0.423 e. The number of aromatic nitrogens is 2. The van der Waals surface area contributed by atoms with E-state index in [1.807, 2.05) is 54.7 Å². The minimum Gasteiger partial charge on any atom is -0.423 e. The number of rotatable bonds is 4. The van der Waals surface area contributed by atoms with Crippen LogP contribution in [0.5, 0.6) is 0 Å². The fraction of sp³-hybridized carbons (Fsp3) is 0.115. The number of benzene rings is 2. The third kappa shape index (κ3) is 10.5. The van der Waals surface area contributed by atoms with Gasteiger partial charge in [0.25, 0.3) is 0 Å². The molecule has 0 saturated carbocycles. The number of unbranched alkanes of at least 4 members (excludes halogenated alkanes) is 1. The Morgan fingerprint density at radius 3 is 1.64 bits per heavy atom. The predicted molar refractivity (Wildman–Crippen MR) is 137 cm³/mol. The number of hydrogen-bond donors (Lipinski definition) is 2. The monoisotopic (exact) mass is 496 g/mol. The van der Waals surface area contributed by atoms with Gasteiger partial charge < -0.3 is 17.0 Å². The van der Waals surface area contributed by atoms with E-state index in [1.165, 1.54) is 18.2 Å². The molecule has 0 aliphatic rings. The maximum absolute atomic E-state index is 9.01. The van der Waals surface area contributed by atoms with Gasteiger partial charge in [0.2, 0.25) is 0 Å². The van der Waals surface area contributed by atoms with Crippen LogP contribution < -0.4 is 24.3 Å². The molecule has 4 rings (SSSR count). The molecule has 33 heavy (non-hydrogen) atoms. The molecular weight excluding hydrogens is 470 g/mol. The van der Waals surface area contributed by atoms with Gasteiger partial charge in [-0.1, -0.05) is 80.1 Å². The van der Waals surface area contributed by atoms with Crippen LogP contribution in [0.4, 0.5) is 0 Å². The molecule has 4 nitrogen and oxygen atoms in total. The first-order valence-electron chi connectivity index (χ1n) is 10.4. The van der Waals surface area contributed by atoms with E-state index in [1.54, 1.807) is 18.5 Å². The van der Waals surface area contributed by atoms with Crippen LogP contribution in [0.2, 0.25) is 0 Å². The Morgan fingerprint density at radius 1 is 0.758 bits per heavy atom. The van der Waals surface area contributed by atoms with E-state index in [-0.39, 0.29) is 18.9 Å². The minimum atomic E-state index is -1.47. The van der Waals surface area contributed by atoms with E-state index >= 15 is 0 Å². The molecule has 0 radical (unpaired) electrons. The van der Waals surface area contributed by atoms with Gasteiger partial charge in [0, 0.05) is 40.3 Å². The summed E-state index contributed by atoms with van der Waals surface area (Å²) in [6, 6.07) is 23.7. The molecule has 2 heterocycles. The molecule has 0 fully saturated rings. The zero-order valence-electron chi connectivity index (χ0n) is 19.1. The Kier molecular flexibility index (Phi) is 14.3. The van der Waals surface area contributed by atoms with Crippen LogP contribution in [0.25, 0.3) is 22.3 Å². The van der Waals surface area contributed by atoms with Crippen molar-refractivity contribution in [2.75, 3.05) is 0 Å². The van der Waals surface area contributed by atoms with Gasteiger partial charge in [-0.3, -0.25) is 9.97 Å². The van der Waals surface area contributed by atoms with Gasteiger partial charge in [0.15, 0.2) is 0 Å². The molecule has 0 aliphatic carbocycles. The van der Waals surface area contributed by atoms with Crippen molar-refractivity contribution >= 4 is 28.5 Å². The van der Waals surface area contributed by atoms with Gasteiger partial charge >= 0.3 is 26.0 Å². The van der Waals surface area contributed by atoms with Crippen molar-refractivity contribution < 1.29 is 28.9 Å². The van der Waals surface area contributed by atoms with Crippen LogP contribution in [0.1, 0.15) is 19.8 Å². The number of halogens is 1. The summed E-state index contributed by atoms with van der Waals surface area (Å²) in [7, 11) is -1.47. The summed E-state index contributed by atoms with van der Waals surface area (Å²) in [5, 5.41) is 18.0. The zero-order chi connectivity index (χ0) is 23.2. The summed E-state index contributed by atoms with van der Waals surface area (Å²) < 4.78 is 1.01. The number of hydrogen-bond acceptors (Lipinski definition) is 4. The predicted octanol–water partition coefficient (Wildman–Crippen LogP) is 2.56. The second-order valence-electron chi connectivity index (χ2n) is 6.86. The average molecular weight is 497 g/mol. The quantitative estimate of drug-likeness (QED) is 0.336. The van der Waals surface area contributed by atoms with Crippen LogP contribution in [0, 0.1) is 6.92 Å². The first-order chi connectivity index (χ1) is 15.5. The van der Waals surface area contributed by atoms with Crippen molar-refractivity contribution in [3.63, 3.8) is 0 Å². The Hall–Kier alpha value is -2.20. The van der Waals surface area contributed by atoms with E-state index in [9.17, 15) is 0 Å². The van der Waals surface area contributed by atoms with Crippen LogP contribution >= 0.6 is 15.9 Å². The van der Waals surface area contributed by atoms with E-state index < -0.39 is 7.12 Å². The zero-order valence-corrected chi connectivity index (χ0v) is 20.7. The fourth-order valence-corrected chi connectivity index (χ4v) is 2.95. The summed E-state index contributed by atoms with van der Waals surface area (Å²) in [5.74, 6) is 0. The Bertz CT molecular complexity index is 1050. The van der Waals surface area contributed by atoms with Crippen molar-refractivity contribution in [3.8, 4) is 22.3 Å². The Balaban J connectivity index is 0.000000279. The largest absolute Gasteiger partial charge is 1.00 e. The molecule has 2 N–H and O–H groups in total. The molecular formula is C26H27BBrLiN2O2. The van der Waals surface area contributed by atoms with Crippen molar-refractivity contribution in [2.24, 2.45) is 0 Å². The third-order valence-corrected chi connectivity index (χ3v) is 4.76. The second-order valence-corrected chi connectivity index (χ2v) is 7.77. The topological polar surface area (TPSA) is 66.2 Å². The molecule has 2 aromatic heterocycles. The summed E-state index contributed by atoms with van der Waals surface area (Å²) in [5.41, 5.74) is 4.61. The van der Waals surface area contributed by atoms with Gasteiger partial charge in [0.05, 0.1) is 0 Å². The molecule has 0 spiro atoms. The summed E-state index contributed by atoms with van der Waals surface area (Å²) in [4.78, 5) is 8.08. The average Bonchev–Trinajstić information content (AvgIpc) is 2.86. The molecule has 0 atom stereocenters. The normalized spacial score (nSPS) is 9.36. The van der Waals surface area contributed by atoms with Crippen molar-refractivity contribution in [1.29, 1.82) is 0 Å². The number of nitrogens with zero attached hydrogens (tertiary/aromatic N) is 2. The number of pyridine rings is 2. The second kappa shape index (κ2) is 16.4. The van der Waals surface area contributed by atoms with Gasteiger partial charge in [-0.15, -0.1) is 0 Å². The standard InChI is InChI=1S/C11H10BNO2.C11H8BrN.C4H9.Li/c14-12(15)11-6-10(7-13-8-11)9-4-2-1-3-5-9;12-11-6-10(7-13-8-11)9-4-2-1-3-5-9;1-3-4-2;/h1-8,14-15H;1-8H;1,3-4H2,2H3;/q;;-1;+1. The van der Waals surface area contributed by atoms with Crippen LogP contribution in [0.15, 0.2) is 102 Å². The van der Waals surface area contributed by atoms with Crippen LogP contribution in [0.3, 0.4) is 0 Å². The molecule has 7 heteroatoms. The fourth-order valence-electron chi connectivity index (χ4n) is 2.59. The summed E-state index contributed by atoms with van der Waals surface area (Å²) >= 11 is 3.40. The van der Waals surface area contributed by atoms with Crippen LogP contribution in [-0.4, -0.2) is 27.1 Å². The third-order valence-electron chi connectivity index (χ3n) is 4.33. The van der Waals surface area contributed by atoms with Crippen molar-refractivity contribution in [3.05, 3.63) is 109 Å². The van der Waals surface area contributed by atoms with E-state index in [0.29, 0.717) is 5.46 Å². The maximum Gasteiger partial charge on any atom is 1.00 e. The Labute approximate surface area is 217 Å². The summed E-state index contributed by atoms with van der Waals surface area (Å²) in [6.45, 7) is 5.72. The van der Waals surface area contributed by atoms with Gasteiger partial charge in [-0.2, -0.15) is 6.42 Å². The molecule has 0 amide bonds. The van der Waals surface area contributed by atoms with Gasteiger partial charge in [0.1, 0.15) is 0 Å². The Morgan fingerprint density at radius 2 is 1.21 bits per heavy atom. The minimum absolute atomic E-state index is 0. The van der Waals surface area contributed by atoms with E-state index in [0.717, 1.165) is 27.6 Å². The van der Waals surface area contributed by atoms with Crippen molar-refractivity contribution in [1.82, 2.24) is 9.97 Å². The molecule has 0 saturated heterocycles. The molecule has 0 aliphatic heterocycles. The molecule has 2 aromatic carbocycles. The van der Waals surface area contributed by atoms with Crippen molar-refractivity contribution in [2.45, 2.75) is 19.8 Å². The SMILES string of the molecule is Brc1cncc(-c2ccccc2)c1.OB(O)c1cncc(-c2ccccc2)c1.[CH2-]CCC.[Li+]. The molecule has 0 unspecified atom stereocenters. The van der Waals surface area contributed by atoms with Crippen LogP contribution in [-0.2, 0) is 0 Å². The van der Waals surface area contributed by atoms with E-state index in [2.05, 4.69) is 57.9 Å².